The summed E-state index contributed by atoms with van der Waals surface area (Å²) in [5.74, 6) is 1.18. The van der Waals surface area contributed by atoms with Gasteiger partial charge in [-0.15, -0.1) is 0 Å². The van der Waals surface area contributed by atoms with E-state index < -0.39 is 17.5 Å². The zero-order valence-corrected chi connectivity index (χ0v) is 15.5. The van der Waals surface area contributed by atoms with E-state index in [2.05, 4.69) is 5.32 Å². The van der Waals surface area contributed by atoms with Gasteiger partial charge in [0.2, 0.25) is 0 Å². The second-order valence-corrected chi connectivity index (χ2v) is 8.18. The van der Waals surface area contributed by atoms with E-state index in [-0.39, 0.29) is 12.3 Å². The maximum atomic E-state index is 12.1. The largest absolute Gasteiger partial charge is 0.444 e. The molecule has 0 aromatic heterocycles. The summed E-state index contributed by atoms with van der Waals surface area (Å²) in [7, 11) is 3.40. The molecule has 2 saturated carbocycles. The first-order valence-electron chi connectivity index (χ1n) is 8.75. The van der Waals surface area contributed by atoms with Crippen molar-refractivity contribution in [1.82, 2.24) is 5.32 Å². The Labute approximate surface area is 144 Å². The van der Waals surface area contributed by atoms with Crippen LogP contribution in [0, 0.1) is 17.8 Å². The number of Topliss-reactive ketones (excluding diaryl/α,β-unsaturated/α-hetero) is 1. The van der Waals surface area contributed by atoms with Crippen molar-refractivity contribution >= 4 is 11.9 Å². The number of amides is 1. The Hall–Kier alpha value is -1.14. The van der Waals surface area contributed by atoms with Gasteiger partial charge in [-0.1, -0.05) is 0 Å². The molecule has 0 saturated heterocycles. The van der Waals surface area contributed by atoms with Crippen molar-refractivity contribution in [3.63, 3.8) is 0 Å². The quantitative estimate of drug-likeness (QED) is 0.752. The minimum Gasteiger partial charge on any atom is -0.444 e. The number of fused-ring (bicyclic) bond motifs is 1. The van der Waals surface area contributed by atoms with Crippen LogP contribution in [0.25, 0.3) is 0 Å². The van der Waals surface area contributed by atoms with Gasteiger partial charge in [-0.3, -0.25) is 4.79 Å². The normalized spacial score (nSPS) is 28.5. The lowest BCUT2D eigenvalue weighted by Gasteiger charge is -2.27. The molecule has 2 fully saturated rings. The second-order valence-electron chi connectivity index (χ2n) is 8.18. The Bertz CT molecular complexity index is 451. The molecule has 0 bridgehead atoms. The lowest BCUT2D eigenvalue weighted by Crippen LogP contribution is -2.35. The number of hydrogen-bond acceptors (Lipinski definition) is 5. The molecule has 3 atom stereocenters. The molecule has 1 N–H and O–H groups in total. The highest BCUT2D eigenvalue weighted by molar-refractivity contribution is 5.84. The predicted molar refractivity (Wildman–Crippen MR) is 89.5 cm³/mol. The summed E-state index contributed by atoms with van der Waals surface area (Å²) < 4.78 is 16.2. The standard InChI is InChI=1S/C18H31NO5/c1-17(2,3)24-16(21)19-11-15(20)8-12-6-13-9-18(22-4,23-5)10-14(13)7-12/h12-14H,6-11H2,1-5H3,(H,19,21)/t12?,13-,14+. The summed E-state index contributed by atoms with van der Waals surface area (Å²) in [6, 6.07) is 0. The number of methoxy groups -OCH3 is 2. The SMILES string of the molecule is COC1(OC)C[C@H]2CC(CC(=O)CNC(=O)OC(C)(C)C)C[C@H]2C1. The van der Waals surface area contributed by atoms with E-state index >= 15 is 0 Å². The molecule has 138 valence electrons. The van der Waals surface area contributed by atoms with Crippen molar-refractivity contribution in [3.05, 3.63) is 0 Å². The molecule has 0 aromatic rings. The van der Waals surface area contributed by atoms with Crippen molar-refractivity contribution in [2.45, 2.75) is 64.3 Å². The van der Waals surface area contributed by atoms with Crippen LogP contribution >= 0.6 is 0 Å². The number of rotatable bonds is 6. The first-order valence-corrected chi connectivity index (χ1v) is 8.75. The summed E-state index contributed by atoms with van der Waals surface area (Å²) in [6.45, 7) is 5.43. The van der Waals surface area contributed by atoms with Crippen molar-refractivity contribution in [2.24, 2.45) is 17.8 Å². The van der Waals surface area contributed by atoms with Crippen LogP contribution in [0.3, 0.4) is 0 Å². The lowest BCUT2D eigenvalue weighted by molar-refractivity contribution is -0.205. The van der Waals surface area contributed by atoms with E-state index in [4.69, 9.17) is 14.2 Å². The molecule has 2 aliphatic rings. The fraction of sp³-hybridized carbons (Fsp3) is 0.889. The van der Waals surface area contributed by atoms with E-state index in [0.717, 1.165) is 25.7 Å². The molecule has 0 aliphatic heterocycles. The fourth-order valence-corrected chi connectivity index (χ4v) is 4.18. The van der Waals surface area contributed by atoms with Crippen molar-refractivity contribution in [1.29, 1.82) is 0 Å². The molecule has 1 unspecified atom stereocenters. The highest BCUT2D eigenvalue weighted by Crippen LogP contribution is 2.52. The Kier molecular flexibility index (Phi) is 5.91. The van der Waals surface area contributed by atoms with Gasteiger partial charge in [0.05, 0.1) is 6.54 Å². The average Bonchev–Trinajstić information content (AvgIpc) is 2.98. The van der Waals surface area contributed by atoms with Gasteiger partial charge in [-0.05, 0) is 51.4 Å². The molecule has 0 spiro atoms. The van der Waals surface area contributed by atoms with Crippen LogP contribution in [0.4, 0.5) is 4.79 Å². The van der Waals surface area contributed by atoms with Crippen molar-refractivity contribution < 1.29 is 23.8 Å². The van der Waals surface area contributed by atoms with Crippen LogP contribution < -0.4 is 5.32 Å². The number of nitrogens with one attached hydrogen (secondary N) is 1. The number of carbonyl (C=O) groups excluding carboxylic acids is 2. The van der Waals surface area contributed by atoms with Gasteiger partial charge in [-0.2, -0.15) is 0 Å². The Morgan fingerprint density at radius 3 is 2.08 bits per heavy atom. The summed E-state index contributed by atoms with van der Waals surface area (Å²) in [5.41, 5.74) is -0.550. The van der Waals surface area contributed by atoms with Crippen LogP contribution in [-0.2, 0) is 19.0 Å². The van der Waals surface area contributed by atoms with Crippen LogP contribution in [-0.4, -0.2) is 44.0 Å². The number of alkyl carbamates (subject to hydrolysis) is 1. The third-order valence-corrected chi connectivity index (χ3v) is 5.17. The maximum absolute atomic E-state index is 12.1. The molecule has 2 rings (SSSR count). The summed E-state index contributed by atoms with van der Waals surface area (Å²) in [4.78, 5) is 23.7. The second kappa shape index (κ2) is 7.40. The fourth-order valence-electron chi connectivity index (χ4n) is 4.18. The molecule has 24 heavy (non-hydrogen) atoms. The van der Waals surface area contributed by atoms with Crippen molar-refractivity contribution in [3.8, 4) is 0 Å². The minimum absolute atomic E-state index is 0.0425. The lowest BCUT2D eigenvalue weighted by atomic mass is 9.96. The van der Waals surface area contributed by atoms with E-state index in [0.29, 0.717) is 24.2 Å². The Balaban J connectivity index is 1.71. The van der Waals surface area contributed by atoms with Gasteiger partial charge >= 0.3 is 6.09 Å². The van der Waals surface area contributed by atoms with Gasteiger partial charge < -0.3 is 19.5 Å². The molecular weight excluding hydrogens is 310 g/mol. The average molecular weight is 341 g/mol. The maximum Gasteiger partial charge on any atom is 0.408 e. The first-order chi connectivity index (χ1) is 11.2. The van der Waals surface area contributed by atoms with Gasteiger partial charge in [0.1, 0.15) is 5.60 Å². The molecule has 0 radical (unpaired) electrons. The summed E-state index contributed by atoms with van der Waals surface area (Å²) in [6.07, 6.45) is 3.88. The topological polar surface area (TPSA) is 73.9 Å². The van der Waals surface area contributed by atoms with E-state index in [9.17, 15) is 9.59 Å². The number of ketones is 1. The number of carbonyl (C=O) groups is 2. The Morgan fingerprint density at radius 1 is 1.08 bits per heavy atom. The van der Waals surface area contributed by atoms with E-state index in [1.165, 1.54) is 0 Å². The third-order valence-electron chi connectivity index (χ3n) is 5.17. The van der Waals surface area contributed by atoms with E-state index in [1.807, 2.05) is 0 Å². The van der Waals surface area contributed by atoms with Crippen molar-refractivity contribution in [2.75, 3.05) is 20.8 Å². The van der Waals surface area contributed by atoms with Crippen LogP contribution in [0.1, 0.15) is 52.9 Å². The van der Waals surface area contributed by atoms with Crippen LogP contribution in [0.15, 0.2) is 0 Å². The van der Waals surface area contributed by atoms with Crippen LogP contribution in [0.2, 0.25) is 0 Å². The molecule has 6 nitrogen and oxygen atoms in total. The van der Waals surface area contributed by atoms with E-state index in [1.54, 1.807) is 35.0 Å². The molecule has 6 heteroatoms. The highest BCUT2D eigenvalue weighted by Gasteiger charge is 2.50. The molecule has 1 amide bonds. The number of ether oxygens (including phenoxy) is 3. The van der Waals surface area contributed by atoms with Gasteiger partial charge in [-0.25, -0.2) is 4.79 Å². The van der Waals surface area contributed by atoms with Crippen LogP contribution in [0.5, 0.6) is 0 Å². The summed E-state index contributed by atoms with van der Waals surface area (Å²) in [5, 5.41) is 2.54. The summed E-state index contributed by atoms with van der Waals surface area (Å²) >= 11 is 0. The minimum atomic E-state index is -0.550. The molecule has 0 aromatic carbocycles. The van der Waals surface area contributed by atoms with Gasteiger partial charge in [0.15, 0.2) is 11.6 Å². The monoisotopic (exact) mass is 341 g/mol. The molecule has 0 heterocycles. The van der Waals surface area contributed by atoms with Gasteiger partial charge in [0.25, 0.3) is 0 Å². The Morgan fingerprint density at radius 2 is 1.62 bits per heavy atom. The zero-order valence-electron chi connectivity index (χ0n) is 15.5. The first kappa shape index (κ1) is 19.2. The zero-order chi connectivity index (χ0) is 18.0. The smallest absolute Gasteiger partial charge is 0.408 e. The number of hydrogen-bond donors (Lipinski definition) is 1. The highest BCUT2D eigenvalue weighted by atomic mass is 16.7. The van der Waals surface area contributed by atoms with Gasteiger partial charge in [0, 0.05) is 33.5 Å². The predicted octanol–water partition coefficient (Wildman–Crippen LogP) is 2.90. The third kappa shape index (κ3) is 4.93. The molecule has 2 aliphatic carbocycles. The molecular formula is C18H31NO5.